The standard InChI is InChI=1S/C15H20N4OS/c1-5-6-12-7-11(8-13(16-4)18-12)14(20)19-15-17-9(2)10(3)21-15/h7-8H,5-6H2,1-4H3,(H,16,18)(H,17,19,20). The summed E-state index contributed by atoms with van der Waals surface area (Å²) >= 11 is 1.49. The number of nitrogens with one attached hydrogen (secondary N) is 2. The maximum Gasteiger partial charge on any atom is 0.257 e. The third-order valence-corrected chi connectivity index (χ3v) is 4.14. The summed E-state index contributed by atoms with van der Waals surface area (Å²) in [6, 6.07) is 3.59. The zero-order valence-corrected chi connectivity index (χ0v) is 13.6. The van der Waals surface area contributed by atoms with Crippen molar-refractivity contribution in [1.29, 1.82) is 0 Å². The maximum atomic E-state index is 12.4. The molecule has 112 valence electrons. The molecule has 2 heterocycles. The quantitative estimate of drug-likeness (QED) is 0.888. The molecule has 0 aliphatic heterocycles. The molecule has 6 heteroatoms. The van der Waals surface area contributed by atoms with Gasteiger partial charge in [0.2, 0.25) is 0 Å². The number of pyridine rings is 1. The van der Waals surface area contributed by atoms with Gasteiger partial charge in [-0.3, -0.25) is 10.1 Å². The Bertz CT molecular complexity index is 632. The van der Waals surface area contributed by atoms with Crippen molar-refractivity contribution in [2.45, 2.75) is 33.6 Å². The lowest BCUT2D eigenvalue weighted by Gasteiger charge is -2.08. The Morgan fingerprint density at radius 1 is 1.29 bits per heavy atom. The fourth-order valence-electron chi connectivity index (χ4n) is 1.93. The van der Waals surface area contributed by atoms with Crippen LogP contribution in [-0.4, -0.2) is 22.9 Å². The van der Waals surface area contributed by atoms with E-state index in [9.17, 15) is 4.79 Å². The van der Waals surface area contributed by atoms with Crippen LogP contribution < -0.4 is 10.6 Å². The van der Waals surface area contributed by atoms with Crippen molar-refractivity contribution in [3.8, 4) is 0 Å². The SMILES string of the molecule is CCCc1cc(C(=O)Nc2nc(C)c(C)s2)cc(NC)n1. The molecule has 2 rings (SSSR count). The molecule has 0 aromatic carbocycles. The average molecular weight is 304 g/mol. The number of carbonyl (C=O) groups is 1. The molecular formula is C15H20N4OS. The monoisotopic (exact) mass is 304 g/mol. The number of aryl methyl sites for hydroxylation is 3. The molecule has 0 aliphatic carbocycles. The Balaban J connectivity index is 2.23. The van der Waals surface area contributed by atoms with Crippen LogP contribution in [0.5, 0.6) is 0 Å². The molecule has 2 aromatic heterocycles. The summed E-state index contributed by atoms with van der Waals surface area (Å²) in [4.78, 5) is 22.3. The molecule has 5 nitrogen and oxygen atoms in total. The highest BCUT2D eigenvalue weighted by molar-refractivity contribution is 7.15. The van der Waals surface area contributed by atoms with Crippen LogP contribution in [0.1, 0.15) is 40.0 Å². The van der Waals surface area contributed by atoms with E-state index in [1.54, 1.807) is 13.1 Å². The third kappa shape index (κ3) is 3.78. The van der Waals surface area contributed by atoms with E-state index in [1.807, 2.05) is 19.9 Å². The van der Waals surface area contributed by atoms with Gasteiger partial charge >= 0.3 is 0 Å². The molecule has 0 saturated heterocycles. The Morgan fingerprint density at radius 2 is 2.05 bits per heavy atom. The van der Waals surface area contributed by atoms with Crippen LogP contribution in [0.15, 0.2) is 12.1 Å². The average Bonchev–Trinajstić information content (AvgIpc) is 2.77. The topological polar surface area (TPSA) is 66.9 Å². The van der Waals surface area contributed by atoms with E-state index >= 15 is 0 Å². The van der Waals surface area contributed by atoms with Crippen LogP contribution >= 0.6 is 11.3 Å². The van der Waals surface area contributed by atoms with Gasteiger partial charge in [0, 0.05) is 23.2 Å². The number of amides is 1. The van der Waals surface area contributed by atoms with Crippen LogP contribution in [-0.2, 0) is 6.42 Å². The predicted octanol–water partition coefficient (Wildman–Crippen LogP) is 3.40. The van der Waals surface area contributed by atoms with Crippen molar-refractivity contribution in [3.63, 3.8) is 0 Å². The number of rotatable bonds is 5. The molecule has 0 aliphatic rings. The lowest BCUT2D eigenvalue weighted by atomic mass is 10.1. The van der Waals surface area contributed by atoms with Gasteiger partial charge in [0.25, 0.3) is 5.91 Å². The van der Waals surface area contributed by atoms with Crippen LogP contribution in [0.3, 0.4) is 0 Å². The Hall–Kier alpha value is -1.95. The van der Waals surface area contributed by atoms with Gasteiger partial charge in [-0.1, -0.05) is 13.3 Å². The summed E-state index contributed by atoms with van der Waals surface area (Å²) < 4.78 is 0. The molecule has 0 atom stereocenters. The van der Waals surface area contributed by atoms with E-state index in [0.717, 1.165) is 29.1 Å². The van der Waals surface area contributed by atoms with Crippen LogP contribution in [0.2, 0.25) is 0 Å². The Morgan fingerprint density at radius 3 is 2.62 bits per heavy atom. The van der Waals surface area contributed by atoms with Gasteiger partial charge in [-0.15, -0.1) is 11.3 Å². The summed E-state index contributed by atoms with van der Waals surface area (Å²) in [6.07, 6.45) is 1.84. The highest BCUT2D eigenvalue weighted by Gasteiger charge is 2.12. The van der Waals surface area contributed by atoms with Gasteiger partial charge in [0.05, 0.1) is 5.69 Å². The molecule has 0 bridgehead atoms. The van der Waals surface area contributed by atoms with Crippen molar-refractivity contribution in [2.75, 3.05) is 17.7 Å². The van der Waals surface area contributed by atoms with Crippen LogP contribution in [0.25, 0.3) is 0 Å². The van der Waals surface area contributed by atoms with E-state index in [1.165, 1.54) is 11.3 Å². The summed E-state index contributed by atoms with van der Waals surface area (Å²) in [6.45, 7) is 6.02. The molecule has 2 N–H and O–H groups in total. The second-order valence-corrected chi connectivity index (χ2v) is 6.05. The number of nitrogens with zero attached hydrogens (tertiary/aromatic N) is 2. The van der Waals surface area contributed by atoms with Crippen molar-refractivity contribution in [3.05, 3.63) is 34.0 Å². The minimum Gasteiger partial charge on any atom is -0.373 e. The summed E-state index contributed by atoms with van der Waals surface area (Å²) in [5, 5.41) is 6.48. The number of aromatic nitrogens is 2. The third-order valence-electron chi connectivity index (χ3n) is 3.15. The molecule has 0 radical (unpaired) electrons. The van der Waals surface area contributed by atoms with E-state index in [0.29, 0.717) is 16.5 Å². The second-order valence-electron chi connectivity index (χ2n) is 4.85. The van der Waals surface area contributed by atoms with Crippen LogP contribution in [0, 0.1) is 13.8 Å². The van der Waals surface area contributed by atoms with Crippen molar-refractivity contribution >= 4 is 28.2 Å². The zero-order chi connectivity index (χ0) is 15.4. The van der Waals surface area contributed by atoms with E-state index in [2.05, 4.69) is 27.5 Å². The van der Waals surface area contributed by atoms with Crippen LogP contribution in [0.4, 0.5) is 10.9 Å². The molecule has 0 fully saturated rings. The number of anilines is 2. The number of hydrogen-bond donors (Lipinski definition) is 2. The fraction of sp³-hybridized carbons (Fsp3) is 0.400. The highest BCUT2D eigenvalue weighted by Crippen LogP contribution is 2.22. The van der Waals surface area contributed by atoms with E-state index < -0.39 is 0 Å². The molecule has 0 spiro atoms. The van der Waals surface area contributed by atoms with Gasteiger partial charge in [0.1, 0.15) is 5.82 Å². The second kappa shape index (κ2) is 6.67. The highest BCUT2D eigenvalue weighted by atomic mass is 32.1. The molecule has 21 heavy (non-hydrogen) atoms. The minimum absolute atomic E-state index is 0.153. The Labute approximate surface area is 128 Å². The smallest absolute Gasteiger partial charge is 0.257 e. The van der Waals surface area contributed by atoms with Gasteiger partial charge in [-0.25, -0.2) is 9.97 Å². The fourth-order valence-corrected chi connectivity index (χ4v) is 2.74. The molecule has 2 aromatic rings. The van der Waals surface area contributed by atoms with E-state index in [4.69, 9.17) is 0 Å². The predicted molar refractivity (Wildman–Crippen MR) is 87.3 cm³/mol. The summed E-state index contributed by atoms with van der Waals surface area (Å²) in [5.41, 5.74) is 2.47. The first-order valence-corrected chi connectivity index (χ1v) is 7.79. The van der Waals surface area contributed by atoms with Crippen molar-refractivity contribution < 1.29 is 4.79 Å². The lowest BCUT2D eigenvalue weighted by Crippen LogP contribution is -2.13. The molecule has 1 amide bonds. The van der Waals surface area contributed by atoms with Crippen molar-refractivity contribution in [1.82, 2.24) is 9.97 Å². The lowest BCUT2D eigenvalue weighted by molar-refractivity contribution is 0.102. The first-order valence-electron chi connectivity index (χ1n) is 6.97. The first-order chi connectivity index (χ1) is 10.0. The zero-order valence-electron chi connectivity index (χ0n) is 12.8. The minimum atomic E-state index is -0.153. The maximum absolute atomic E-state index is 12.4. The van der Waals surface area contributed by atoms with Crippen molar-refractivity contribution in [2.24, 2.45) is 0 Å². The number of carbonyl (C=O) groups excluding carboxylic acids is 1. The first kappa shape index (κ1) is 15.4. The summed E-state index contributed by atoms with van der Waals surface area (Å²) in [5.74, 6) is 0.553. The largest absolute Gasteiger partial charge is 0.373 e. The molecular weight excluding hydrogens is 284 g/mol. The van der Waals surface area contributed by atoms with Gasteiger partial charge in [-0.05, 0) is 32.4 Å². The molecule has 0 saturated carbocycles. The van der Waals surface area contributed by atoms with Gasteiger partial charge in [0.15, 0.2) is 5.13 Å². The van der Waals surface area contributed by atoms with E-state index in [-0.39, 0.29) is 5.91 Å². The normalized spacial score (nSPS) is 10.5. The van der Waals surface area contributed by atoms with Gasteiger partial charge in [-0.2, -0.15) is 0 Å². The van der Waals surface area contributed by atoms with Gasteiger partial charge < -0.3 is 5.32 Å². The summed E-state index contributed by atoms with van der Waals surface area (Å²) in [7, 11) is 1.80. The molecule has 0 unspecified atom stereocenters. The number of hydrogen-bond acceptors (Lipinski definition) is 5. The number of thiazole rings is 1. The Kier molecular flexibility index (Phi) is 4.90.